The molecule has 2 aliphatic rings. The zero-order valence-electron chi connectivity index (χ0n) is 14.7. The summed E-state index contributed by atoms with van der Waals surface area (Å²) in [5.41, 5.74) is 2.13. The minimum atomic E-state index is 0.0303. The Bertz CT molecular complexity index is 766. The largest absolute Gasteiger partial charge is 0.486 e. The number of likely N-dealkylation sites (tertiary alicyclic amines) is 1. The molecule has 1 atom stereocenters. The van der Waals surface area contributed by atoms with Gasteiger partial charge in [0.2, 0.25) is 5.91 Å². The molecule has 4 rings (SSSR count). The van der Waals surface area contributed by atoms with Gasteiger partial charge in [0.1, 0.15) is 13.2 Å². The molecule has 1 saturated heterocycles. The van der Waals surface area contributed by atoms with Gasteiger partial charge in [-0.15, -0.1) is 0 Å². The van der Waals surface area contributed by atoms with Gasteiger partial charge in [-0.2, -0.15) is 0 Å². The molecule has 1 unspecified atom stereocenters. The molecule has 1 amide bonds. The average Bonchev–Trinajstić information content (AvgIpc) is 3.14. The molecule has 6 nitrogen and oxygen atoms in total. The molecule has 0 bridgehead atoms. The van der Waals surface area contributed by atoms with Crippen molar-refractivity contribution in [1.29, 1.82) is 0 Å². The van der Waals surface area contributed by atoms with Gasteiger partial charge >= 0.3 is 0 Å². The molecule has 1 aromatic carbocycles. The number of rotatable bonds is 5. The van der Waals surface area contributed by atoms with Crippen LogP contribution in [0.5, 0.6) is 11.5 Å². The normalized spacial score (nSPS) is 19.3. The van der Waals surface area contributed by atoms with Gasteiger partial charge in [0.15, 0.2) is 11.5 Å². The first-order valence-corrected chi connectivity index (χ1v) is 9.09. The van der Waals surface area contributed by atoms with E-state index in [1.165, 1.54) is 0 Å². The van der Waals surface area contributed by atoms with Crippen molar-refractivity contribution in [3.05, 3.63) is 53.9 Å². The van der Waals surface area contributed by atoms with Crippen LogP contribution < -0.4 is 14.8 Å². The topological polar surface area (TPSA) is 63.7 Å². The number of nitrogens with one attached hydrogen (secondary N) is 1. The van der Waals surface area contributed by atoms with E-state index in [2.05, 4.69) is 21.3 Å². The van der Waals surface area contributed by atoms with Gasteiger partial charge in [0.05, 0.1) is 6.54 Å². The van der Waals surface area contributed by atoms with E-state index in [0.29, 0.717) is 26.3 Å². The van der Waals surface area contributed by atoms with Crippen LogP contribution in [0.15, 0.2) is 42.7 Å². The summed E-state index contributed by atoms with van der Waals surface area (Å²) < 4.78 is 11.6. The number of hydrogen-bond acceptors (Lipinski definition) is 5. The lowest BCUT2D eigenvalue weighted by atomic mass is 10.0. The summed E-state index contributed by atoms with van der Waals surface area (Å²) in [7, 11) is 0. The van der Waals surface area contributed by atoms with E-state index in [0.717, 1.165) is 42.0 Å². The molecule has 26 heavy (non-hydrogen) atoms. The molecule has 0 radical (unpaired) electrons. The summed E-state index contributed by atoms with van der Waals surface area (Å²) in [5, 5.41) is 2.98. The molecule has 1 fully saturated rings. The van der Waals surface area contributed by atoms with Crippen LogP contribution in [0.25, 0.3) is 0 Å². The summed E-state index contributed by atoms with van der Waals surface area (Å²) >= 11 is 0. The van der Waals surface area contributed by atoms with Crippen molar-refractivity contribution >= 4 is 5.91 Å². The van der Waals surface area contributed by atoms with Gasteiger partial charge in [0.25, 0.3) is 0 Å². The zero-order chi connectivity index (χ0) is 17.8. The van der Waals surface area contributed by atoms with Crippen molar-refractivity contribution < 1.29 is 14.3 Å². The third kappa shape index (κ3) is 3.65. The van der Waals surface area contributed by atoms with Crippen molar-refractivity contribution in [3.63, 3.8) is 0 Å². The van der Waals surface area contributed by atoms with E-state index < -0.39 is 0 Å². The van der Waals surface area contributed by atoms with Gasteiger partial charge in [-0.25, -0.2) is 0 Å². The number of nitrogens with zero attached hydrogens (tertiary/aromatic N) is 2. The Morgan fingerprint density at radius 3 is 3.04 bits per heavy atom. The number of carbonyl (C=O) groups excluding carboxylic acids is 1. The molecular formula is C20H23N3O3. The number of ether oxygens (including phenoxy) is 2. The fourth-order valence-electron chi connectivity index (χ4n) is 3.67. The molecule has 3 heterocycles. The van der Waals surface area contributed by atoms with Crippen LogP contribution in [-0.2, 0) is 11.3 Å². The first kappa shape index (κ1) is 16.8. The molecule has 0 aliphatic carbocycles. The smallest absolute Gasteiger partial charge is 0.234 e. The highest BCUT2D eigenvalue weighted by Crippen LogP contribution is 2.42. The van der Waals surface area contributed by atoms with E-state index in [9.17, 15) is 4.79 Å². The maximum atomic E-state index is 12.4. The molecule has 0 spiro atoms. The molecule has 2 aromatic rings. The Labute approximate surface area is 153 Å². The fourth-order valence-corrected chi connectivity index (χ4v) is 3.67. The van der Waals surface area contributed by atoms with Gasteiger partial charge in [-0.05, 0) is 37.1 Å². The Morgan fingerprint density at radius 2 is 2.15 bits per heavy atom. The van der Waals surface area contributed by atoms with E-state index in [1.807, 2.05) is 24.3 Å². The Kier molecular flexibility index (Phi) is 5.02. The van der Waals surface area contributed by atoms with E-state index in [-0.39, 0.29) is 11.9 Å². The predicted octanol–water partition coefficient (Wildman–Crippen LogP) is 2.31. The monoisotopic (exact) mass is 353 g/mol. The number of aromatic nitrogens is 1. The van der Waals surface area contributed by atoms with Crippen molar-refractivity contribution in [2.45, 2.75) is 25.4 Å². The second-order valence-electron chi connectivity index (χ2n) is 6.64. The van der Waals surface area contributed by atoms with Crippen LogP contribution in [-0.4, -0.2) is 42.1 Å². The predicted molar refractivity (Wildman–Crippen MR) is 97.1 cm³/mol. The highest BCUT2D eigenvalue weighted by molar-refractivity contribution is 5.78. The second kappa shape index (κ2) is 7.74. The fraction of sp³-hybridized carbons (Fsp3) is 0.400. The maximum Gasteiger partial charge on any atom is 0.234 e. The minimum absolute atomic E-state index is 0.0303. The summed E-state index contributed by atoms with van der Waals surface area (Å²) in [6.45, 7) is 2.96. The lowest BCUT2D eigenvalue weighted by Crippen LogP contribution is -2.36. The number of fused-ring (bicyclic) bond motifs is 1. The molecule has 0 saturated carbocycles. The van der Waals surface area contributed by atoms with Crippen LogP contribution >= 0.6 is 0 Å². The lowest BCUT2D eigenvalue weighted by molar-refractivity contribution is -0.122. The summed E-state index contributed by atoms with van der Waals surface area (Å²) in [6.07, 6.45) is 5.60. The Morgan fingerprint density at radius 1 is 1.23 bits per heavy atom. The first-order chi connectivity index (χ1) is 12.8. The summed E-state index contributed by atoms with van der Waals surface area (Å²) in [5.74, 6) is 1.68. The van der Waals surface area contributed by atoms with Gasteiger partial charge < -0.3 is 14.8 Å². The standard InChI is InChI=1S/C20H23N3O3/c24-19(22-13-15-4-2-8-21-12-15)14-23-9-3-6-17(23)16-5-1-7-18-20(16)26-11-10-25-18/h1-2,4-5,7-8,12,17H,3,6,9-11,13-14H2,(H,22,24). The highest BCUT2D eigenvalue weighted by atomic mass is 16.6. The third-order valence-corrected chi connectivity index (χ3v) is 4.88. The van der Waals surface area contributed by atoms with Crippen LogP contribution in [0.3, 0.4) is 0 Å². The van der Waals surface area contributed by atoms with E-state index >= 15 is 0 Å². The average molecular weight is 353 g/mol. The Hall–Kier alpha value is -2.60. The number of para-hydroxylation sites is 1. The van der Waals surface area contributed by atoms with Crippen molar-refractivity contribution in [3.8, 4) is 11.5 Å². The van der Waals surface area contributed by atoms with Crippen LogP contribution in [0, 0.1) is 0 Å². The highest BCUT2D eigenvalue weighted by Gasteiger charge is 2.31. The maximum absolute atomic E-state index is 12.4. The van der Waals surface area contributed by atoms with Gasteiger partial charge in [-0.3, -0.25) is 14.7 Å². The van der Waals surface area contributed by atoms with Gasteiger partial charge in [-0.1, -0.05) is 18.2 Å². The SMILES string of the molecule is O=C(CN1CCCC1c1cccc2c1OCCO2)NCc1cccnc1. The van der Waals surface area contributed by atoms with Crippen molar-refractivity contribution in [2.75, 3.05) is 26.3 Å². The number of pyridine rings is 1. The van der Waals surface area contributed by atoms with E-state index in [4.69, 9.17) is 9.47 Å². The number of carbonyl (C=O) groups is 1. The van der Waals surface area contributed by atoms with E-state index in [1.54, 1.807) is 12.4 Å². The lowest BCUT2D eigenvalue weighted by Gasteiger charge is -2.28. The summed E-state index contributed by atoms with van der Waals surface area (Å²) in [6, 6.07) is 10.1. The molecule has 6 heteroatoms. The van der Waals surface area contributed by atoms with Crippen LogP contribution in [0.4, 0.5) is 0 Å². The number of benzene rings is 1. The third-order valence-electron chi connectivity index (χ3n) is 4.88. The van der Waals surface area contributed by atoms with Crippen LogP contribution in [0.2, 0.25) is 0 Å². The Balaban J connectivity index is 1.42. The van der Waals surface area contributed by atoms with Crippen LogP contribution in [0.1, 0.15) is 30.0 Å². The van der Waals surface area contributed by atoms with Gasteiger partial charge in [0, 0.05) is 30.5 Å². The molecule has 2 aliphatic heterocycles. The zero-order valence-corrected chi connectivity index (χ0v) is 14.7. The first-order valence-electron chi connectivity index (χ1n) is 9.09. The van der Waals surface area contributed by atoms with Crippen molar-refractivity contribution in [2.24, 2.45) is 0 Å². The summed E-state index contributed by atoms with van der Waals surface area (Å²) in [4.78, 5) is 18.7. The second-order valence-corrected chi connectivity index (χ2v) is 6.64. The van der Waals surface area contributed by atoms with Crippen molar-refractivity contribution in [1.82, 2.24) is 15.2 Å². The molecule has 136 valence electrons. The minimum Gasteiger partial charge on any atom is -0.486 e. The molecule has 1 N–H and O–H groups in total. The number of hydrogen-bond donors (Lipinski definition) is 1. The molecular weight excluding hydrogens is 330 g/mol. The quantitative estimate of drug-likeness (QED) is 0.894. The molecule has 1 aromatic heterocycles. The number of amides is 1.